The van der Waals surface area contributed by atoms with Crippen molar-refractivity contribution in [2.45, 2.75) is 12.8 Å². The monoisotopic (exact) mass is 510 g/mol. The van der Waals surface area contributed by atoms with Gasteiger partial charge in [-0.3, -0.25) is 9.59 Å². The molecule has 0 bridgehead atoms. The van der Waals surface area contributed by atoms with Crippen molar-refractivity contribution in [1.82, 2.24) is 9.88 Å². The standard InChI is InChI=1S/C23H21Cl3N2O5/c1-28-18-8-6-14(24)11-15(18)20(21(23(28)31)33-12-19(29)32-2)22(30)27-9-3-4-13-5-7-16(25)17(26)10-13/h5-8,10-11H,3-4,9,12H2,1-2H3,(H,27,30). The van der Waals surface area contributed by atoms with E-state index >= 15 is 0 Å². The number of carbonyl (C=O) groups excluding carboxylic acids is 2. The largest absolute Gasteiger partial charge is 0.475 e. The second-order valence-corrected chi connectivity index (χ2v) is 8.45. The molecular weight excluding hydrogens is 491 g/mol. The predicted molar refractivity (Wildman–Crippen MR) is 129 cm³/mol. The molecule has 1 aromatic heterocycles. The summed E-state index contributed by atoms with van der Waals surface area (Å²) < 4.78 is 11.3. The Labute approximate surface area is 205 Å². The number of amides is 1. The van der Waals surface area contributed by atoms with E-state index in [0.717, 1.165) is 5.56 Å². The van der Waals surface area contributed by atoms with Crippen molar-refractivity contribution in [3.8, 4) is 5.75 Å². The van der Waals surface area contributed by atoms with Crippen LogP contribution in [0.2, 0.25) is 15.1 Å². The van der Waals surface area contributed by atoms with Gasteiger partial charge in [-0.1, -0.05) is 40.9 Å². The SMILES string of the molecule is COC(=O)COc1c(C(=O)NCCCc2ccc(Cl)c(Cl)c2)c2cc(Cl)ccc2n(C)c1=O. The van der Waals surface area contributed by atoms with Crippen LogP contribution in [0.15, 0.2) is 41.2 Å². The summed E-state index contributed by atoms with van der Waals surface area (Å²) in [6.45, 7) is -0.192. The molecule has 0 aliphatic carbocycles. The highest BCUT2D eigenvalue weighted by molar-refractivity contribution is 6.42. The molecule has 0 aliphatic rings. The van der Waals surface area contributed by atoms with Crippen LogP contribution in [0.1, 0.15) is 22.3 Å². The molecule has 1 N–H and O–H groups in total. The Bertz CT molecular complexity index is 1270. The number of nitrogens with one attached hydrogen (secondary N) is 1. The topological polar surface area (TPSA) is 86.6 Å². The highest BCUT2D eigenvalue weighted by Gasteiger charge is 2.23. The van der Waals surface area contributed by atoms with Gasteiger partial charge in [0.05, 0.1) is 28.2 Å². The van der Waals surface area contributed by atoms with Crippen molar-refractivity contribution < 1.29 is 19.1 Å². The molecule has 7 nitrogen and oxygen atoms in total. The molecule has 0 spiro atoms. The highest BCUT2D eigenvalue weighted by Crippen LogP contribution is 2.27. The van der Waals surface area contributed by atoms with Gasteiger partial charge < -0.3 is 19.4 Å². The Hall–Kier alpha value is -2.74. The molecule has 0 fully saturated rings. The molecule has 0 aliphatic heterocycles. The van der Waals surface area contributed by atoms with Gasteiger partial charge in [0.1, 0.15) is 0 Å². The van der Waals surface area contributed by atoms with Crippen LogP contribution >= 0.6 is 34.8 Å². The Morgan fingerprint density at radius 1 is 1.06 bits per heavy atom. The molecule has 3 rings (SSSR count). The number of fused-ring (bicyclic) bond motifs is 1. The van der Waals surface area contributed by atoms with Gasteiger partial charge in [-0.05, 0) is 48.7 Å². The fraction of sp³-hybridized carbons (Fsp3) is 0.261. The summed E-state index contributed by atoms with van der Waals surface area (Å²) in [7, 11) is 2.74. The third-order valence-electron chi connectivity index (χ3n) is 5.02. The number of benzene rings is 2. The molecule has 174 valence electrons. The van der Waals surface area contributed by atoms with E-state index in [-0.39, 0.29) is 11.3 Å². The van der Waals surface area contributed by atoms with E-state index in [1.165, 1.54) is 11.7 Å². The molecule has 1 amide bonds. The van der Waals surface area contributed by atoms with Gasteiger partial charge in [0.2, 0.25) is 0 Å². The third kappa shape index (κ3) is 5.79. The van der Waals surface area contributed by atoms with Crippen molar-refractivity contribution in [2.75, 3.05) is 20.3 Å². The van der Waals surface area contributed by atoms with Crippen LogP contribution in [0.25, 0.3) is 10.9 Å². The highest BCUT2D eigenvalue weighted by atomic mass is 35.5. The van der Waals surface area contributed by atoms with E-state index in [1.54, 1.807) is 37.4 Å². The van der Waals surface area contributed by atoms with E-state index in [9.17, 15) is 14.4 Å². The third-order valence-corrected chi connectivity index (χ3v) is 5.99. The number of aryl methyl sites for hydroxylation is 2. The first-order valence-corrected chi connectivity index (χ1v) is 11.1. The number of aromatic nitrogens is 1. The number of nitrogens with zero attached hydrogens (tertiary/aromatic N) is 1. The quantitative estimate of drug-likeness (QED) is 0.357. The zero-order valence-corrected chi connectivity index (χ0v) is 20.2. The first kappa shape index (κ1) is 24.9. The molecule has 0 atom stereocenters. The summed E-state index contributed by atoms with van der Waals surface area (Å²) in [6, 6.07) is 10.2. The van der Waals surface area contributed by atoms with Gasteiger partial charge in [0.25, 0.3) is 11.5 Å². The summed E-state index contributed by atoms with van der Waals surface area (Å²) in [5, 5.41) is 4.56. The van der Waals surface area contributed by atoms with Gasteiger partial charge >= 0.3 is 5.97 Å². The molecule has 0 unspecified atom stereocenters. The Balaban J connectivity index is 1.86. The van der Waals surface area contributed by atoms with Crippen molar-refractivity contribution >= 4 is 57.6 Å². The molecule has 0 saturated heterocycles. The maximum absolute atomic E-state index is 13.1. The number of rotatable bonds is 8. The summed E-state index contributed by atoms with van der Waals surface area (Å²) in [5.41, 5.74) is 0.922. The number of hydrogen-bond donors (Lipinski definition) is 1. The number of hydrogen-bond acceptors (Lipinski definition) is 5. The summed E-state index contributed by atoms with van der Waals surface area (Å²) in [4.78, 5) is 37.6. The molecule has 10 heteroatoms. The first-order valence-electron chi connectivity index (χ1n) is 9.97. The Morgan fingerprint density at radius 3 is 2.52 bits per heavy atom. The fourth-order valence-electron chi connectivity index (χ4n) is 3.32. The van der Waals surface area contributed by atoms with Gasteiger partial charge in [-0.25, -0.2) is 4.79 Å². The van der Waals surface area contributed by atoms with Gasteiger partial charge in [0, 0.05) is 24.0 Å². The minimum atomic E-state index is -0.684. The van der Waals surface area contributed by atoms with E-state index in [0.29, 0.717) is 45.4 Å². The summed E-state index contributed by atoms with van der Waals surface area (Å²) in [5.74, 6) is -1.45. The van der Waals surface area contributed by atoms with Crippen LogP contribution in [0, 0.1) is 0 Å². The Kier molecular flexibility index (Phi) is 8.24. The number of halogens is 3. The lowest BCUT2D eigenvalue weighted by atomic mass is 10.1. The van der Waals surface area contributed by atoms with Crippen molar-refractivity contribution in [1.29, 1.82) is 0 Å². The van der Waals surface area contributed by atoms with Gasteiger partial charge in [0.15, 0.2) is 12.4 Å². The van der Waals surface area contributed by atoms with E-state index in [1.807, 2.05) is 6.07 Å². The maximum Gasteiger partial charge on any atom is 0.343 e. The lowest BCUT2D eigenvalue weighted by Crippen LogP contribution is -2.31. The van der Waals surface area contributed by atoms with Crippen LogP contribution in [-0.2, 0) is 23.0 Å². The number of ether oxygens (including phenoxy) is 2. The molecule has 0 saturated carbocycles. The van der Waals surface area contributed by atoms with Gasteiger partial charge in [-0.15, -0.1) is 0 Å². The summed E-state index contributed by atoms with van der Waals surface area (Å²) >= 11 is 18.1. The predicted octanol–water partition coefficient (Wildman–Crippen LogP) is 4.41. The lowest BCUT2D eigenvalue weighted by Gasteiger charge is -2.16. The first-order chi connectivity index (χ1) is 15.7. The number of carbonyl (C=O) groups is 2. The molecular formula is C23H21Cl3N2O5. The minimum absolute atomic E-state index is 0.00837. The van der Waals surface area contributed by atoms with Crippen molar-refractivity contribution in [3.63, 3.8) is 0 Å². The van der Waals surface area contributed by atoms with Crippen molar-refractivity contribution in [2.24, 2.45) is 7.05 Å². The van der Waals surface area contributed by atoms with E-state index in [2.05, 4.69) is 10.1 Å². The number of pyridine rings is 1. The molecule has 0 radical (unpaired) electrons. The molecule has 33 heavy (non-hydrogen) atoms. The van der Waals surface area contributed by atoms with Gasteiger partial charge in [-0.2, -0.15) is 0 Å². The van der Waals surface area contributed by atoms with Crippen LogP contribution in [0.4, 0.5) is 0 Å². The zero-order chi connectivity index (χ0) is 24.1. The molecule has 1 heterocycles. The van der Waals surface area contributed by atoms with Crippen LogP contribution in [-0.4, -0.2) is 36.7 Å². The maximum atomic E-state index is 13.1. The average molecular weight is 512 g/mol. The second-order valence-electron chi connectivity index (χ2n) is 7.20. The number of esters is 1. The van der Waals surface area contributed by atoms with Crippen LogP contribution in [0.3, 0.4) is 0 Å². The average Bonchev–Trinajstić information content (AvgIpc) is 2.79. The van der Waals surface area contributed by atoms with Crippen LogP contribution in [0.5, 0.6) is 5.75 Å². The fourth-order valence-corrected chi connectivity index (χ4v) is 3.81. The second kappa shape index (κ2) is 10.9. The molecule has 3 aromatic rings. The lowest BCUT2D eigenvalue weighted by molar-refractivity contribution is -0.142. The normalized spacial score (nSPS) is 10.8. The minimum Gasteiger partial charge on any atom is -0.475 e. The molecule has 2 aromatic carbocycles. The van der Waals surface area contributed by atoms with Crippen LogP contribution < -0.4 is 15.6 Å². The smallest absolute Gasteiger partial charge is 0.343 e. The summed E-state index contributed by atoms with van der Waals surface area (Å²) in [6.07, 6.45) is 1.28. The number of methoxy groups -OCH3 is 1. The Morgan fingerprint density at radius 2 is 1.82 bits per heavy atom. The zero-order valence-electron chi connectivity index (χ0n) is 17.9. The van der Waals surface area contributed by atoms with E-state index < -0.39 is 24.0 Å². The van der Waals surface area contributed by atoms with E-state index in [4.69, 9.17) is 39.5 Å². The van der Waals surface area contributed by atoms with Crippen molar-refractivity contribution in [3.05, 3.63) is 72.9 Å².